The molecule has 0 aliphatic heterocycles. The van der Waals surface area contributed by atoms with Crippen molar-refractivity contribution in [3.8, 4) is 0 Å². The van der Waals surface area contributed by atoms with Crippen LogP contribution >= 0.6 is 15.9 Å². The van der Waals surface area contributed by atoms with Crippen LogP contribution in [0.25, 0.3) is 0 Å². The minimum Gasteiger partial charge on any atom is -0.211 e. The van der Waals surface area contributed by atoms with Crippen LogP contribution < -0.4 is 0 Å². The number of hydrogen-bond donors (Lipinski definition) is 0. The van der Waals surface area contributed by atoms with Crippen LogP contribution in [0.5, 0.6) is 0 Å². The molecule has 6 heteroatoms. The fourth-order valence-corrected chi connectivity index (χ4v) is 1.08. The third kappa shape index (κ3) is 1.79. The van der Waals surface area contributed by atoms with Crippen LogP contribution in [0, 0.1) is 17.5 Å². The van der Waals surface area contributed by atoms with Crippen molar-refractivity contribution >= 4 is 27.7 Å². The molecule has 0 bridgehead atoms. The molecule has 1 rings (SSSR count). The average Bonchev–Trinajstić information content (AvgIpc) is 2.11. The Morgan fingerprint density at radius 1 is 1.23 bits per heavy atom. The van der Waals surface area contributed by atoms with Gasteiger partial charge in [-0.1, -0.05) is 0 Å². The zero-order valence-corrected chi connectivity index (χ0v) is 7.53. The first kappa shape index (κ1) is 9.95. The summed E-state index contributed by atoms with van der Waals surface area (Å²) in [5.41, 5.74) is -0.597. The summed E-state index contributed by atoms with van der Waals surface area (Å²) in [6.45, 7) is 0. The maximum absolute atomic E-state index is 12.7. The Labute approximate surface area is 79.2 Å². The Kier molecular flexibility index (Phi) is 2.85. The van der Waals surface area contributed by atoms with E-state index in [1.54, 1.807) is 0 Å². The second-order valence-corrected chi connectivity index (χ2v) is 2.88. The number of hydrogen-bond acceptors (Lipinski definition) is 2. The van der Waals surface area contributed by atoms with Crippen LogP contribution in [0.15, 0.2) is 15.5 Å². The minimum atomic E-state index is -1.68. The minimum absolute atomic E-state index is 0.305. The second kappa shape index (κ2) is 3.72. The molecule has 0 fully saturated rings. The van der Waals surface area contributed by atoms with Crippen LogP contribution in [-0.2, 0) is 4.79 Å². The van der Waals surface area contributed by atoms with E-state index in [9.17, 15) is 18.0 Å². The quantitative estimate of drug-likeness (QED) is 0.327. The lowest BCUT2D eigenvalue weighted by Gasteiger charge is -1.99. The van der Waals surface area contributed by atoms with E-state index in [1.165, 1.54) is 0 Å². The van der Waals surface area contributed by atoms with E-state index in [4.69, 9.17) is 0 Å². The highest BCUT2D eigenvalue weighted by Crippen LogP contribution is 2.28. The van der Waals surface area contributed by atoms with Gasteiger partial charge in [0, 0.05) is 0 Å². The number of rotatable bonds is 1. The Morgan fingerprint density at radius 2 is 1.85 bits per heavy atom. The Hall–Kier alpha value is -1.13. The van der Waals surface area contributed by atoms with E-state index < -0.39 is 23.1 Å². The maximum Gasteiger partial charge on any atom is 0.240 e. The van der Waals surface area contributed by atoms with Crippen molar-refractivity contribution in [2.24, 2.45) is 4.99 Å². The molecule has 0 spiro atoms. The van der Waals surface area contributed by atoms with Gasteiger partial charge in [-0.05, 0) is 22.0 Å². The fourth-order valence-electron chi connectivity index (χ4n) is 0.691. The van der Waals surface area contributed by atoms with E-state index in [2.05, 4.69) is 20.9 Å². The standard InChI is InChI=1S/C7HBrF3NO/c8-3-1-4(12-2-13)6(10)7(11)5(3)9/h1H. The van der Waals surface area contributed by atoms with Crippen molar-refractivity contribution in [1.29, 1.82) is 0 Å². The van der Waals surface area contributed by atoms with Crippen molar-refractivity contribution in [1.82, 2.24) is 0 Å². The molecule has 2 nitrogen and oxygen atoms in total. The lowest BCUT2D eigenvalue weighted by molar-refractivity contribution is 0.445. The SMILES string of the molecule is O=C=Nc1cc(Br)c(F)c(F)c1F. The number of aliphatic imine (C=N–C) groups is 1. The van der Waals surface area contributed by atoms with Gasteiger partial charge in [0.1, 0.15) is 5.69 Å². The Bertz CT molecular complexity index is 401. The van der Waals surface area contributed by atoms with Gasteiger partial charge in [0.25, 0.3) is 0 Å². The molecule has 0 N–H and O–H groups in total. The predicted octanol–water partition coefficient (Wildman–Crippen LogP) is 2.83. The number of benzene rings is 1. The van der Waals surface area contributed by atoms with Gasteiger partial charge in [0.05, 0.1) is 4.47 Å². The molecular formula is C7HBrF3NO. The lowest BCUT2D eigenvalue weighted by Crippen LogP contribution is -1.91. The third-order valence-corrected chi connectivity index (χ3v) is 1.83. The molecule has 0 saturated carbocycles. The molecule has 0 atom stereocenters. The maximum atomic E-state index is 12.7. The van der Waals surface area contributed by atoms with Crippen LogP contribution in [0.2, 0.25) is 0 Å². The molecule has 0 aliphatic carbocycles. The smallest absolute Gasteiger partial charge is 0.211 e. The molecule has 1 aromatic carbocycles. The van der Waals surface area contributed by atoms with Crippen molar-refractivity contribution < 1.29 is 18.0 Å². The van der Waals surface area contributed by atoms with Crippen molar-refractivity contribution in [3.63, 3.8) is 0 Å². The fraction of sp³-hybridized carbons (Fsp3) is 0. The molecule has 0 unspecified atom stereocenters. The molecule has 0 amide bonds. The van der Waals surface area contributed by atoms with E-state index in [-0.39, 0.29) is 4.47 Å². The highest BCUT2D eigenvalue weighted by atomic mass is 79.9. The number of halogens is 4. The Balaban J connectivity index is 3.49. The van der Waals surface area contributed by atoms with E-state index >= 15 is 0 Å². The topological polar surface area (TPSA) is 29.4 Å². The van der Waals surface area contributed by atoms with Gasteiger partial charge in [-0.3, -0.25) is 0 Å². The third-order valence-electron chi connectivity index (χ3n) is 1.25. The molecular weight excluding hydrogens is 251 g/mol. The van der Waals surface area contributed by atoms with Gasteiger partial charge in [-0.25, -0.2) is 18.0 Å². The van der Waals surface area contributed by atoms with Crippen LogP contribution in [0.4, 0.5) is 18.9 Å². The van der Waals surface area contributed by atoms with Gasteiger partial charge in [-0.15, -0.1) is 0 Å². The zero-order valence-electron chi connectivity index (χ0n) is 5.94. The summed E-state index contributed by atoms with van der Waals surface area (Å²) in [6, 6.07) is 0.846. The van der Waals surface area contributed by atoms with Crippen LogP contribution in [-0.4, -0.2) is 6.08 Å². The Morgan fingerprint density at radius 3 is 2.38 bits per heavy atom. The summed E-state index contributed by atoms with van der Waals surface area (Å²) in [7, 11) is 0. The van der Waals surface area contributed by atoms with Gasteiger partial charge in [0.2, 0.25) is 6.08 Å². The largest absolute Gasteiger partial charge is 0.240 e. The van der Waals surface area contributed by atoms with Gasteiger partial charge >= 0.3 is 0 Å². The molecule has 0 aliphatic rings. The summed E-state index contributed by atoms with van der Waals surface area (Å²) in [5.74, 6) is -4.55. The van der Waals surface area contributed by atoms with Gasteiger partial charge in [-0.2, -0.15) is 4.99 Å². The first-order valence-corrected chi connectivity index (χ1v) is 3.78. The number of nitrogens with zero attached hydrogens (tertiary/aromatic N) is 1. The number of carbonyl (C=O) groups excluding carboxylic acids is 1. The first-order chi connectivity index (χ1) is 6.07. The second-order valence-electron chi connectivity index (χ2n) is 2.02. The summed E-state index contributed by atoms with van der Waals surface area (Å²) >= 11 is 2.63. The normalized spacial score (nSPS) is 9.54. The van der Waals surface area contributed by atoms with Crippen molar-refractivity contribution in [2.45, 2.75) is 0 Å². The van der Waals surface area contributed by atoms with E-state index in [1.807, 2.05) is 0 Å². The van der Waals surface area contributed by atoms with Crippen molar-refractivity contribution in [3.05, 3.63) is 28.0 Å². The van der Waals surface area contributed by atoms with E-state index in [0.717, 1.165) is 12.1 Å². The van der Waals surface area contributed by atoms with Gasteiger partial charge < -0.3 is 0 Å². The van der Waals surface area contributed by atoms with Crippen LogP contribution in [0.1, 0.15) is 0 Å². The summed E-state index contributed by atoms with van der Waals surface area (Å²) in [4.78, 5) is 12.6. The van der Waals surface area contributed by atoms with Crippen molar-refractivity contribution in [2.75, 3.05) is 0 Å². The zero-order chi connectivity index (χ0) is 10.0. The first-order valence-electron chi connectivity index (χ1n) is 2.98. The molecule has 0 aromatic heterocycles. The number of isocyanates is 1. The van der Waals surface area contributed by atoms with Gasteiger partial charge in [0.15, 0.2) is 17.5 Å². The molecule has 0 radical (unpaired) electrons. The molecule has 68 valence electrons. The van der Waals surface area contributed by atoms with E-state index in [0.29, 0.717) is 0 Å². The average molecular weight is 252 g/mol. The summed E-state index contributed by atoms with van der Waals surface area (Å²) in [6.07, 6.45) is 1.02. The summed E-state index contributed by atoms with van der Waals surface area (Å²) in [5, 5.41) is 0. The van der Waals surface area contributed by atoms with Crippen LogP contribution in [0.3, 0.4) is 0 Å². The molecule has 0 saturated heterocycles. The lowest BCUT2D eigenvalue weighted by atomic mass is 10.3. The monoisotopic (exact) mass is 251 g/mol. The molecule has 0 heterocycles. The predicted molar refractivity (Wildman–Crippen MR) is 41.8 cm³/mol. The molecule has 13 heavy (non-hydrogen) atoms. The highest BCUT2D eigenvalue weighted by molar-refractivity contribution is 9.10. The molecule has 1 aromatic rings. The summed E-state index contributed by atoms with van der Waals surface area (Å²) < 4.78 is 37.6. The highest BCUT2D eigenvalue weighted by Gasteiger charge is 2.16.